The molecule has 31 heavy (non-hydrogen) atoms. The minimum Gasteiger partial charge on any atom is -0.346 e. The van der Waals surface area contributed by atoms with Crippen LogP contribution in [0.1, 0.15) is 43.2 Å². The molecule has 6 heteroatoms. The SMILES string of the molecule is CC(C)[C@H](C)N(Cc1cccc(Cl)c1)Cc1cccn1Cc1ccc(C(F)(F)F)cc1. The zero-order valence-electron chi connectivity index (χ0n) is 18.0. The van der Waals surface area contributed by atoms with Crippen LogP contribution in [0.15, 0.2) is 66.9 Å². The highest BCUT2D eigenvalue weighted by Gasteiger charge is 2.30. The molecule has 2 aromatic carbocycles. The summed E-state index contributed by atoms with van der Waals surface area (Å²) >= 11 is 6.17. The van der Waals surface area contributed by atoms with E-state index in [0.29, 0.717) is 18.5 Å². The van der Waals surface area contributed by atoms with Gasteiger partial charge < -0.3 is 4.57 Å². The molecule has 0 aliphatic carbocycles. The van der Waals surface area contributed by atoms with Crippen molar-refractivity contribution in [3.8, 4) is 0 Å². The summed E-state index contributed by atoms with van der Waals surface area (Å²) in [7, 11) is 0. The van der Waals surface area contributed by atoms with Gasteiger partial charge in [-0.3, -0.25) is 4.90 Å². The Morgan fingerprint density at radius 2 is 1.61 bits per heavy atom. The fraction of sp³-hybridized carbons (Fsp3) is 0.360. The average molecular weight is 449 g/mol. The van der Waals surface area contributed by atoms with E-state index in [0.717, 1.165) is 47.1 Å². The van der Waals surface area contributed by atoms with Gasteiger partial charge >= 0.3 is 6.18 Å². The minimum atomic E-state index is -4.31. The molecule has 1 heterocycles. The van der Waals surface area contributed by atoms with Crippen LogP contribution >= 0.6 is 11.6 Å². The summed E-state index contributed by atoms with van der Waals surface area (Å²) in [5.41, 5.74) is 2.49. The van der Waals surface area contributed by atoms with Gasteiger partial charge in [0.15, 0.2) is 0 Å². The van der Waals surface area contributed by atoms with Crippen molar-refractivity contribution in [3.05, 3.63) is 94.3 Å². The summed E-state index contributed by atoms with van der Waals surface area (Å²) in [4.78, 5) is 2.41. The third-order valence-corrected chi connectivity index (χ3v) is 5.97. The summed E-state index contributed by atoms with van der Waals surface area (Å²) in [6, 6.07) is 17.7. The first-order valence-electron chi connectivity index (χ1n) is 10.4. The molecular weight excluding hydrogens is 421 g/mol. The molecule has 0 fully saturated rings. The molecule has 0 radical (unpaired) electrons. The topological polar surface area (TPSA) is 8.17 Å². The first kappa shape index (κ1) is 23.4. The molecule has 0 N–H and O–H groups in total. The maximum absolute atomic E-state index is 12.8. The fourth-order valence-corrected chi connectivity index (χ4v) is 3.80. The van der Waals surface area contributed by atoms with Crippen LogP contribution < -0.4 is 0 Å². The van der Waals surface area contributed by atoms with Crippen molar-refractivity contribution in [1.29, 1.82) is 0 Å². The van der Waals surface area contributed by atoms with E-state index in [1.807, 2.05) is 30.5 Å². The minimum absolute atomic E-state index is 0.341. The van der Waals surface area contributed by atoms with Gasteiger partial charge in [0.25, 0.3) is 0 Å². The van der Waals surface area contributed by atoms with Gasteiger partial charge in [0.05, 0.1) is 5.56 Å². The third-order valence-electron chi connectivity index (χ3n) is 5.74. The summed E-state index contributed by atoms with van der Waals surface area (Å²) in [5.74, 6) is 0.470. The summed E-state index contributed by atoms with van der Waals surface area (Å²) < 4.78 is 40.6. The van der Waals surface area contributed by atoms with Gasteiger partial charge in [-0.05, 0) is 60.4 Å². The Hall–Kier alpha value is -2.24. The molecule has 0 amide bonds. The Morgan fingerprint density at radius 3 is 2.23 bits per heavy atom. The van der Waals surface area contributed by atoms with Crippen LogP contribution in [0.4, 0.5) is 13.2 Å². The van der Waals surface area contributed by atoms with Crippen LogP contribution in [0.5, 0.6) is 0 Å². The second-order valence-corrected chi connectivity index (χ2v) is 8.78. The zero-order chi connectivity index (χ0) is 22.6. The third kappa shape index (κ3) is 6.37. The molecular formula is C25H28ClF3N2. The van der Waals surface area contributed by atoms with Crippen LogP contribution in [0, 0.1) is 5.92 Å². The molecule has 3 rings (SSSR count). The molecule has 0 saturated carbocycles. The Kier molecular flexibility index (Phi) is 7.50. The average Bonchev–Trinajstić information content (AvgIpc) is 3.13. The van der Waals surface area contributed by atoms with Crippen LogP contribution in [0.3, 0.4) is 0 Å². The fourth-order valence-electron chi connectivity index (χ4n) is 3.59. The summed E-state index contributed by atoms with van der Waals surface area (Å²) in [6.07, 6.45) is -2.34. The van der Waals surface area contributed by atoms with Crippen molar-refractivity contribution in [2.45, 2.75) is 52.6 Å². The highest BCUT2D eigenvalue weighted by atomic mass is 35.5. The molecule has 3 aromatic rings. The lowest BCUT2D eigenvalue weighted by Gasteiger charge is -2.32. The van der Waals surface area contributed by atoms with Crippen molar-refractivity contribution < 1.29 is 13.2 Å². The van der Waals surface area contributed by atoms with E-state index in [1.165, 1.54) is 0 Å². The second kappa shape index (κ2) is 9.92. The Labute approximate surface area is 187 Å². The van der Waals surface area contributed by atoms with Crippen LogP contribution in [-0.4, -0.2) is 15.5 Å². The monoisotopic (exact) mass is 448 g/mol. The van der Waals surface area contributed by atoms with E-state index in [-0.39, 0.29) is 0 Å². The van der Waals surface area contributed by atoms with Gasteiger partial charge in [0, 0.05) is 42.6 Å². The maximum Gasteiger partial charge on any atom is 0.416 e. The Morgan fingerprint density at radius 1 is 0.903 bits per heavy atom. The lowest BCUT2D eigenvalue weighted by atomic mass is 10.0. The van der Waals surface area contributed by atoms with Crippen molar-refractivity contribution >= 4 is 11.6 Å². The van der Waals surface area contributed by atoms with E-state index >= 15 is 0 Å². The molecule has 2 nitrogen and oxygen atoms in total. The van der Waals surface area contributed by atoms with Crippen LogP contribution in [0.2, 0.25) is 5.02 Å². The van der Waals surface area contributed by atoms with E-state index in [9.17, 15) is 13.2 Å². The van der Waals surface area contributed by atoms with Crippen molar-refractivity contribution in [3.63, 3.8) is 0 Å². The molecule has 166 valence electrons. The van der Waals surface area contributed by atoms with Gasteiger partial charge in [0.1, 0.15) is 0 Å². The molecule has 1 atom stereocenters. The number of benzene rings is 2. The smallest absolute Gasteiger partial charge is 0.346 e. The highest BCUT2D eigenvalue weighted by molar-refractivity contribution is 6.30. The highest BCUT2D eigenvalue weighted by Crippen LogP contribution is 2.29. The normalized spacial score (nSPS) is 13.2. The van der Waals surface area contributed by atoms with Crippen LogP contribution in [0.25, 0.3) is 0 Å². The summed E-state index contributed by atoms with van der Waals surface area (Å²) in [6.45, 7) is 8.67. The van der Waals surface area contributed by atoms with E-state index < -0.39 is 11.7 Å². The van der Waals surface area contributed by atoms with E-state index in [4.69, 9.17) is 11.6 Å². The first-order chi connectivity index (χ1) is 14.6. The lowest BCUT2D eigenvalue weighted by Crippen LogP contribution is -2.36. The number of rotatable bonds is 8. The number of alkyl halides is 3. The number of halogens is 4. The second-order valence-electron chi connectivity index (χ2n) is 8.34. The molecule has 1 aromatic heterocycles. The molecule has 0 bridgehead atoms. The molecule has 0 aliphatic rings. The van der Waals surface area contributed by atoms with E-state index in [1.54, 1.807) is 12.1 Å². The standard InChI is InChI=1S/C25H28ClF3N2/c1-18(2)19(3)31(16-21-6-4-7-23(26)14-21)17-24-8-5-13-30(24)15-20-9-11-22(12-10-20)25(27,28)29/h4-14,18-19H,15-17H2,1-3H3/t19-/m0/s1. The zero-order valence-corrected chi connectivity index (χ0v) is 18.8. The van der Waals surface area contributed by atoms with Gasteiger partial charge in [-0.1, -0.05) is 49.7 Å². The van der Waals surface area contributed by atoms with Gasteiger partial charge in [0.2, 0.25) is 0 Å². The Balaban J connectivity index is 1.77. The maximum atomic E-state index is 12.8. The molecule has 0 spiro atoms. The van der Waals surface area contributed by atoms with Crippen molar-refractivity contribution in [2.75, 3.05) is 0 Å². The Bertz CT molecular complexity index is 977. The molecule has 0 aliphatic heterocycles. The van der Waals surface area contributed by atoms with Gasteiger partial charge in [-0.15, -0.1) is 0 Å². The summed E-state index contributed by atoms with van der Waals surface area (Å²) in [5, 5.41) is 0.723. The largest absolute Gasteiger partial charge is 0.416 e. The number of aromatic nitrogens is 1. The lowest BCUT2D eigenvalue weighted by molar-refractivity contribution is -0.137. The molecule has 0 saturated heterocycles. The van der Waals surface area contributed by atoms with Crippen molar-refractivity contribution in [1.82, 2.24) is 9.47 Å². The predicted octanol–water partition coefficient (Wildman–Crippen LogP) is 7.26. The van der Waals surface area contributed by atoms with Crippen molar-refractivity contribution in [2.24, 2.45) is 5.92 Å². The predicted molar refractivity (Wildman–Crippen MR) is 120 cm³/mol. The molecule has 0 unspecified atom stereocenters. The quantitative estimate of drug-likeness (QED) is 0.352. The number of hydrogen-bond donors (Lipinski definition) is 0. The van der Waals surface area contributed by atoms with Gasteiger partial charge in [-0.2, -0.15) is 13.2 Å². The first-order valence-corrected chi connectivity index (χ1v) is 10.8. The number of nitrogens with zero attached hydrogens (tertiary/aromatic N) is 2. The van der Waals surface area contributed by atoms with E-state index in [2.05, 4.69) is 42.4 Å². The van der Waals surface area contributed by atoms with Gasteiger partial charge in [-0.25, -0.2) is 0 Å². The number of hydrogen-bond acceptors (Lipinski definition) is 1. The van der Waals surface area contributed by atoms with Crippen LogP contribution in [-0.2, 0) is 25.8 Å².